The van der Waals surface area contributed by atoms with Crippen molar-refractivity contribution in [3.63, 3.8) is 0 Å². The number of hydrogen-bond acceptors (Lipinski definition) is 5. The molecule has 1 amide bonds. The van der Waals surface area contributed by atoms with Gasteiger partial charge in [0.15, 0.2) is 0 Å². The van der Waals surface area contributed by atoms with E-state index in [1.54, 1.807) is 7.11 Å². The quantitative estimate of drug-likeness (QED) is 0.574. The number of likely N-dealkylation sites (tertiary alicyclic amines) is 1. The van der Waals surface area contributed by atoms with Gasteiger partial charge in [-0.25, -0.2) is 0 Å². The summed E-state index contributed by atoms with van der Waals surface area (Å²) in [5.74, 6) is 1.90. The molecule has 0 spiro atoms. The molecule has 4 rings (SSSR count). The van der Waals surface area contributed by atoms with Crippen molar-refractivity contribution < 1.29 is 9.53 Å². The first-order chi connectivity index (χ1) is 16.1. The minimum atomic E-state index is -0.288. The number of nitrogens with one attached hydrogen (secondary N) is 1. The molecule has 1 aliphatic heterocycles. The zero-order chi connectivity index (χ0) is 23.0. The van der Waals surface area contributed by atoms with Crippen molar-refractivity contribution >= 4 is 5.91 Å². The Hall–Kier alpha value is -3.48. The van der Waals surface area contributed by atoms with Gasteiger partial charge in [-0.3, -0.25) is 9.59 Å². The standard InChI is InChI=1S/C26H30N4O3/c1-33-23-10-6-5-9-21(23)18-24-27-26(32)22(28-29-24)11-12-25(31)30-15-13-20(14-16-30)17-19-7-3-2-4-8-19/h2-10,20H,11-18H2,1H3,(H,27,29,32). The maximum absolute atomic E-state index is 12.7. The Morgan fingerprint density at radius 1 is 1.06 bits per heavy atom. The van der Waals surface area contributed by atoms with Gasteiger partial charge >= 0.3 is 0 Å². The molecule has 0 aliphatic carbocycles. The van der Waals surface area contributed by atoms with E-state index in [2.05, 4.69) is 39.4 Å². The van der Waals surface area contributed by atoms with Crippen LogP contribution in [0.2, 0.25) is 0 Å². The van der Waals surface area contributed by atoms with Crippen LogP contribution in [0.5, 0.6) is 5.75 Å². The number of amides is 1. The van der Waals surface area contributed by atoms with Crippen LogP contribution in [0.1, 0.15) is 41.9 Å². The summed E-state index contributed by atoms with van der Waals surface area (Å²) in [5.41, 5.74) is 2.29. The molecule has 7 nitrogen and oxygen atoms in total. The number of methoxy groups -OCH3 is 1. The van der Waals surface area contributed by atoms with Crippen LogP contribution in [-0.4, -0.2) is 46.2 Å². The fourth-order valence-electron chi connectivity index (χ4n) is 4.38. The molecule has 172 valence electrons. The summed E-state index contributed by atoms with van der Waals surface area (Å²) in [6.45, 7) is 1.55. The van der Waals surface area contributed by atoms with Gasteiger partial charge in [0, 0.05) is 37.9 Å². The minimum Gasteiger partial charge on any atom is -0.496 e. The molecule has 0 atom stereocenters. The number of nitrogens with zero attached hydrogens (tertiary/aromatic N) is 3. The molecule has 1 aliphatic rings. The van der Waals surface area contributed by atoms with Crippen LogP contribution >= 0.6 is 0 Å². The third-order valence-corrected chi connectivity index (χ3v) is 6.27. The van der Waals surface area contributed by atoms with Crippen molar-refractivity contribution in [1.29, 1.82) is 0 Å². The lowest BCUT2D eigenvalue weighted by Crippen LogP contribution is -2.39. The average Bonchev–Trinajstić information content (AvgIpc) is 2.85. The van der Waals surface area contributed by atoms with Gasteiger partial charge in [0.05, 0.1) is 7.11 Å². The third kappa shape index (κ3) is 6.06. The van der Waals surface area contributed by atoms with Crippen LogP contribution < -0.4 is 10.3 Å². The number of carbonyl (C=O) groups excluding carboxylic acids is 1. The van der Waals surface area contributed by atoms with E-state index in [0.29, 0.717) is 30.3 Å². The zero-order valence-corrected chi connectivity index (χ0v) is 19.0. The van der Waals surface area contributed by atoms with Gasteiger partial charge in [0.2, 0.25) is 5.91 Å². The number of para-hydroxylation sites is 1. The number of hydrogen-bond donors (Lipinski definition) is 1. The maximum atomic E-state index is 12.7. The first-order valence-corrected chi connectivity index (χ1v) is 11.5. The van der Waals surface area contributed by atoms with E-state index in [1.165, 1.54) is 5.56 Å². The Kier molecular flexibility index (Phi) is 7.50. The second-order valence-corrected chi connectivity index (χ2v) is 8.55. The Labute approximate surface area is 193 Å². The van der Waals surface area contributed by atoms with Gasteiger partial charge in [0.1, 0.15) is 17.3 Å². The molecule has 1 aromatic heterocycles. The Morgan fingerprint density at radius 2 is 1.79 bits per heavy atom. The summed E-state index contributed by atoms with van der Waals surface area (Å²) in [6.07, 6.45) is 4.07. The van der Waals surface area contributed by atoms with Crippen molar-refractivity contribution in [2.45, 2.75) is 38.5 Å². The van der Waals surface area contributed by atoms with Gasteiger partial charge in [-0.2, -0.15) is 0 Å². The molecule has 0 unspecified atom stereocenters. The molecule has 1 N–H and O–H groups in total. The molecule has 3 aromatic rings. The highest BCUT2D eigenvalue weighted by Gasteiger charge is 2.23. The number of aromatic amines is 1. The second-order valence-electron chi connectivity index (χ2n) is 8.55. The lowest BCUT2D eigenvalue weighted by Gasteiger charge is -2.32. The second kappa shape index (κ2) is 10.9. The topological polar surface area (TPSA) is 88.2 Å². The van der Waals surface area contributed by atoms with Gasteiger partial charge in [-0.05, 0) is 36.8 Å². The van der Waals surface area contributed by atoms with E-state index in [0.717, 1.165) is 43.7 Å². The minimum absolute atomic E-state index is 0.0764. The lowest BCUT2D eigenvalue weighted by atomic mass is 9.90. The van der Waals surface area contributed by atoms with Crippen LogP contribution in [0.25, 0.3) is 0 Å². The highest BCUT2D eigenvalue weighted by molar-refractivity contribution is 5.76. The molecule has 0 bridgehead atoms. The van der Waals surface area contributed by atoms with Crippen molar-refractivity contribution in [3.05, 3.63) is 87.6 Å². The Bertz CT molecular complexity index is 1120. The number of piperidine rings is 1. The average molecular weight is 447 g/mol. The highest BCUT2D eigenvalue weighted by Crippen LogP contribution is 2.22. The molecule has 2 aromatic carbocycles. The molecule has 2 heterocycles. The van der Waals surface area contributed by atoms with E-state index >= 15 is 0 Å². The highest BCUT2D eigenvalue weighted by atomic mass is 16.5. The normalized spacial score (nSPS) is 14.3. The fraction of sp³-hybridized carbons (Fsp3) is 0.385. The Morgan fingerprint density at radius 3 is 2.52 bits per heavy atom. The number of benzene rings is 2. The number of ether oxygens (including phenoxy) is 1. The first kappa shape index (κ1) is 22.7. The number of rotatable bonds is 8. The van der Waals surface area contributed by atoms with Crippen LogP contribution in [-0.2, 0) is 24.1 Å². The number of carbonyl (C=O) groups is 1. The molecule has 1 saturated heterocycles. The predicted molar refractivity (Wildman–Crippen MR) is 126 cm³/mol. The summed E-state index contributed by atoms with van der Waals surface area (Å²) in [7, 11) is 1.61. The molecule has 7 heteroatoms. The molecular formula is C26H30N4O3. The van der Waals surface area contributed by atoms with E-state index in [4.69, 9.17) is 4.74 Å². The largest absolute Gasteiger partial charge is 0.496 e. The monoisotopic (exact) mass is 446 g/mol. The van der Waals surface area contributed by atoms with Crippen molar-refractivity contribution in [2.75, 3.05) is 20.2 Å². The molecule has 33 heavy (non-hydrogen) atoms. The molecular weight excluding hydrogens is 416 g/mol. The van der Waals surface area contributed by atoms with E-state index < -0.39 is 0 Å². The zero-order valence-electron chi connectivity index (χ0n) is 19.0. The van der Waals surface area contributed by atoms with E-state index in [-0.39, 0.29) is 17.9 Å². The lowest BCUT2D eigenvalue weighted by molar-refractivity contribution is -0.132. The maximum Gasteiger partial charge on any atom is 0.272 e. The van der Waals surface area contributed by atoms with Crippen LogP contribution in [0.4, 0.5) is 0 Å². The first-order valence-electron chi connectivity index (χ1n) is 11.5. The van der Waals surface area contributed by atoms with Crippen LogP contribution in [0.15, 0.2) is 59.4 Å². The summed E-state index contributed by atoms with van der Waals surface area (Å²) >= 11 is 0. The van der Waals surface area contributed by atoms with Gasteiger partial charge < -0.3 is 14.6 Å². The molecule has 0 radical (unpaired) electrons. The van der Waals surface area contributed by atoms with Crippen molar-refractivity contribution in [1.82, 2.24) is 20.1 Å². The summed E-state index contributed by atoms with van der Waals surface area (Å²) in [6, 6.07) is 18.1. The number of aromatic nitrogens is 3. The SMILES string of the molecule is COc1ccccc1Cc1nnc(CCC(=O)N2CCC(Cc3ccccc3)CC2)c(=O)[nH]1. The molecule has 1 fully saturated rings. The van der Waals surface area contributed by atoms with Gasteiger partial charge in [-0.1, -0.05) is 48.5 Å². The van der Waals surface area contributed by atoms with Gasteiger partial charge in [0.25, 0.3) is 5.56 Å². The predicted octanol–water partition coefficient (Wildman–Crippen LogP) is 3.18. The van der Waals surface area contributed by atoms with Crippen molar-refractivity contribution in [2.24, 2.45) is 5.92 Å². The van der Waals surface area contributed by atoms with Crippen LogP contribution in [0, 0.1) is 5.92 Å². The number of aryl methyl sites for hydroxylation is 1. The van der Waals surface area contributed by atoms with Crippen molar-refractivity contribution in [3.8, 4) is 5.75 Å². The summed E-state index contributed by atoms with van der Waals surface area (Å²) < 4.78 is 5.35. The van der Waals surface area contributed by atoms with Crippen LogP contribution in [0.3, 0.4) is 0 Å². The van der Waals surface area contributed by atoms with E-state index in [9.17, 15) is 9.59 Å². The summed E-state index contributed by atoms with van der Waals surface area (Å²) in [5, 5.41) is 8.27. The fourth-order valence-corrected chi connectivity index (χ4v) is 4.38. The number of H-pyrrole nitrogens is 1. The Balaban J connectivity index is 1.27. The third-order valence-electron chi connectivity index (χ3n) is 6.27. The molecule has 0 saturated carbocycles. The smallest absolute Gasteiger partial charge is 0.272 e. The van der Waals surface area contributed by atoms with E-state index in [1.807, 2.05) is 35.2 Å². The summed E-state index contributed by atoms with van der Waals surface area (Å²) in [4.78, 5) is 29.9. The van der Waals surface area contributed by atoms with Gasteiger partial charge in [-0.15, -0.1) is 10.2 Å².